The van der Waals surface area contributed by atoms with Gasteiger partial charge in [-0.15, -0.1) is 0 Å². The van der Waals surface area contributed by atoms with Crippen LogP contribution in [0.1, 0.15) is 30.1 Å². The summed E-state index contributed by atoms with van der Waals surface area (Å²) in [6, 6.07) is 5.99. The van der Waals surface area contributed by atoms with Crippen molar-refractivity contribution in [1.82, 2.24) is 4.31 Å². The molecule has 2 rings (SSSR count). The molecular weight excluding hydrogens is 266 g/mol. The summed E-state index contributed by atoms with van der Waals surface area (Å²) in [5.74, 6) is -0.0881. The quantitative estimate of drug-likeness (QED) is 0.782. The molecule has 0 amide bonds. The van der Waals surface area contributed by atoms with Gasteiger partial charge in [-0.2, -0.15) is 4.31 Å². The van der Waals surface area contributed by atoms with E-state index in [0.29, 0.717) is 5.56 Å². The van der Waals surface area contributed by atoms with Crippen LogP contribution in [-0.4, -0.2) is 37.4 Å². The number of hydrogen-bond acceptors (Lipinski definition) is 4. The Morgan fingerprint density at radius 1 is 1.21 bits per heavy atom. The molecule has 0 aliphatic carbocycles. The molecule has 1 saturated heterocycles. The summed E-state index contributed by atoms with van der Waals surface area (Å²) in [7, 11) is -3.61. The summed E-state index contributed by atoms with van der Waals surface area (Å²) in [4.78, 5) is 22.5. The first-order chi connectivity index (χ1) is 8.91. The van der Waals surface area contributed by atoms with Gasteiger partial charge in [0.1, 0.15) is 5.78 Å². The second-order valence-corrected chi connectivity index (χ2v) is 6.46. The highest BCUT2D eigenvalue weighted by atomic mass is 32.2. The van der Waals surface area contributed by atoms with E-state index in [-0.39, 0.29) is 42.4 Å². The lowest BCUT2D eigenvalue weighted by atomic mass is 10.1. The van der Waals surface area contributed by atoms with Crippen LogP contribution in [-0.2, 0) is 14.8 Å². The van der Waals surface area contributed by atoms with Crippen molar-refractivity contribution in [3.8, 4) is 0 Å². The first-order valence-corrected chi connectivity index (χ1v) is 7.48. The number of sulfonamides is 1. The highest BCUT2D eigenvalue weighted by Crippen LogP contribution is 2.20. The third kappa shape index (κ3) is 2.90. The van der Waals surface area contributed by atoms with Crippen molar-refractivity contribution in [3.63, 3.8) is 0 Å². The summed E-state index contributed by atoms with van der Waals surface area (Å²) in [6.45, 7) is 1.82. The number of carbonyl (C=O) groups is 2. The van der Waals surface area contributed by atoms with Gasteiger partial charge >= 0.3 is 0 Å². The van der Waals surface area contributed by atoms with Crippen molar-refractivity contribution in [3.05, 3.63) is 29.8 Å². The second kappa shape index (κ2) is 5.22. The first kappa shape index (κ1) is 13.9. The van der Waals surface area contributed by atoms with Crippen LogP contribution < -0.4 is 0 Å². The molecule has 5 nitrogen and oxygen atoms in total. The number of hydrogen-bond donors (Lipinski definition) is 0. The van der Waals surface area contributed by atoms with E-state index in [4.69, 9.17) is 0 Å². The molecule has 1 aliphatic rings. The topological polar surface area (TPSA) is 71.5 Å². The first-order valence-electron chi connectivity index (χ1n) is 6.04. The fourth-order valence-corrected chi connectivity index (χ4v) is 3.49. The van der Waals surface area contributed by atoms with E-state index in [9.17, 15) is 18.0 Å². The zero-order valence-electron chi connectivity index (χ0n) is 10.6. The zero-order chi connectivity index (χ0) is 14.0. The summed E-state index contributed by atoms with van der Waals surface area (Å²) in [6.07, 6.45) is 0.511. The SMILES string of the molecule is CC(=O)c1cccc(S(=O)(=O)N2CCC(=O)CC2)c1. The van der Waals surface area contributed by atoms with Gasteiger partial charge in [-0.1, -0.05) is 12.1 Å². The zero-order valence-corrected chi connectivity index (χ0v) is 11.4. The smallest absolute Gasteiger partial charge is 0.243 e. The lowest BCUT2D eigenvalue weighted by Crippen LogP contribution is -2.38. The Morgan fingerprint density at radius 2 is 1.84 bits per heavy atom. The van der Waals surface area contributed by atoms with E-state index in [2.05, 4.69) is 0 Å². The van der Waals surface area contributed by atoms with Crippen LogP contribution >= 0.6 is 0 Å². The number of benzene rings is 1. The second-order valence-electron chi connectivity index (χ2n) is 4.53. The maximum absolute atomic E-state index is 12.4. The molecule has 0 N–H and O–H groups in total. The minimum Gasteiger partial charge on any atom is -0.300 e. The van der Waals surface area contributed by atoms with E-state index in [0.717, 1.165) is 0 Å². The summed E-state index contributed by atoms with van der Waals surface area (Å²) >= 11 is 0. The molecule has 102 valence electrons. The Morgan fingerprint density at radius 3 is 2.42 bits per heavy atom. The highest BCUT2D eigenvalue weighted by Gasteiger charge is 2.28. The van der Waals surface area contributed by atoms with Gasteiger partial charge in [-0.3, -0.25) is 9.59 Å². The molecule has 1 aliphatic heterocycles. The Hall–Kier alpha value is -1.53. The lowest BCUT2D eigenvalue weighted by molar-refractivity contribution is -0.120. The molecule has 0 atom stereocenters. The van der Waals surface area contributed by atoms with Crippen LogP contribution in [0.2, 0.25) is 0 Å². The molecule has 0 aromatic heterocycles. The van der Waals surface area contributed by atoms with Gasteiger partial charge in [0, 0.05) is 31.5 Å². The van der Waals surface area contributed by atoms with Crippen molar-refractivity contribution in [2.24, 2.45) is 0 Å². The van der Waals surface area contributed by atoms with E-state index < -0.39 is 10.0 Å². The standard InChI is InChI=1S/C13H15NO4S/c1-10(15)11-3-2-4-13(9-11)19(17,18)14-7-5-12(16)6-8-14/h2-4,9H,5-8H2,1H3. The predicted molar refractivity (Wildman–Crippen MR) is 69.4 cm³/mol. The van der Waals surface area contributed by atoms with Crippen LogP contribution in [0.25, 0.3) is 0 Å². The van der Waals surface area contributed by atoms with E-state index in [1.807, 2.05) is 0 Å². The van der Waals surface area contributed by atoms with Crippen molar-refractivity contribution in [1.29, 1.82) is 0 Å². The van der Waals surface area contributed by atoms with Crippen molar-refractivity contribution >= 4 is 21.6 Å². The third-order valence-electron chi connectivity index (χ3n) is 3.16. The van der Waals surface area contributed by atoms with Gasteiger partial charge < -0.3 is 0 Å². The van der Waals surface area contributed by atoms with Gasteiger partial charge in [0.2, 0.25) is 10.0 Å². The van der Waals surface area contributed by atoms with Crippen LogP contribution in [0.15, 0.2) is 29.2 Å². The van der Waals surface area contributed by atoms with Crippen LogP contribution in [0.5, 0.6) is 0 Å². The number of rotatable bonds is 3. The molecular formula is C13H15NO4S. The fraction of sp³-hybridized carbons (Fsp3) is 0.385. The van der Waals surface area contributed by atoms with Crippen molar-refractivity contribution in [2.45, 2.75) is 24.7 Å². The van der Waals surface area contributed by atoms with E-state index in [1.54, 1.807) is 12.1 Å². The molecule has 0 bridgehead atoms. The van der Waals surface area contributed by atoms with Crippen molar-refractivity contribution in [2.75, 3.05) is 13.1 Å². The maximum atomic E-state index is 12.4. The monoisotopic (exact) mass is 281 g/mol. The Bertz CT molecular complexity index is 611. The molecule has 1 fully saturated rings. The minimum atomic E-state index is -3.61. The molecule has 0 unspecified atom stereocenters. The third-order valence-corrected chi connectivity index (χ3v) is 5.05. The molecule has 1 heterocycles. The molecule has 0 radical (unpaired) electrons. The van der Waals surface area contributed by atoms with E-state index in [1.165, 1.54) is 23.4 Å². The minimum absolute atomic E-state index is 0.0870. The summed E-state index contributed by atoms with van der Waals surface area (Å²) in [5.41, 5.74) is 0.370. The Kier molecular flexibility index (Phi) is 3.82. The van der Waals surface area contributed by atoms with Crippen LogP contribution in [0, 0.1) is 0 Å². The summed E-state index contributed by atoms with van der Waals surface area (Å²) < 4.78 is 26.0. The molecule has 1 aromatic carbocycles. The fourth-order valence-electron chi connectivity index (χ4n) is 2.00. The largest absolute Gasteiger partial charge is 0.300 e. The normalized spacial score (nSPS) is 17.4. The Labute approximate surface area is 112 Å². The number of ketones is 2. The van der Waals surface area contributed by atoms with Crippen LogP contribution in [0.3, 0.4) is 0 Å². The number of piperidine rings is 1. The molecule has 19 heavy (non-hydrogen) atoms. The average Bonchev–Trinajstić information content (AvgIpc) is 2.39. The highest BCUT2D eigenvalue weighted by molar-refractivity contribution is 7.89. The molecule has 0 spiro atoms. The van der Waals surface area contributed by atoms with Crippen LogP contribution in [0.4, 0.5) is 0 Å². The Balaban J connectivity index is 2.31. The molecule has 0 saturated carbocycles. The maximum Gasteiger partial charge on any atom is 0.243 e. The number of nitrogens with zero attached hydrogens (tertiary/aromatic N) is 1. The average molecular weight is 281 g/mol. The van der Waals surface area contributed by atoms with Gasteiger partial charge in [0.25, 0.3) is 0 Å². The number of carbonyl (C=O) groups excluding carboxylic acids is 2. The van der Waals surface area contributed by atoms with Gasteiger partial charge in [0.15, 0.2) is 5.78 Å². The predicted octanol–water partition coefficient (Wildman–Crippen LogP) is 1.24. The van der Waals surface area contributed by atoms with Gasteiger partial charge in [0.05, 0.1) is 4.90 Å². The van der Waals surface area contributed by atoms with Gasteiger partial charge in [-0.05, 0) is 19.1 Å². The molecule has 6 heteroatoms. The summed E-state index contributed by atoms with van der Waals surface area (Å²) in [5, 5.41) is 0. The lowest BCUT2D eigenvalue weighted by Gasteiger charge is -2.25. The van der Waals surface area contributed by atoms with E-state index >= 15 is 0 Å². The van der Waals surface area contributed by atoms with Crippen molar-refractivity contribution < 1.29 is 18.0 Å². The van der Waals surface area contributed by atoms with Gasteiger partial charge in [-0.25, -0.2) is 8.42 Å². The molecule has 1 aromatic rings. The number of Topliss-reactive ketones (excluding diaryl/α,β-unsaturated/α-hetero) is 2.